The van der Waals surface area contributed by atoms with E-state index in [0.29, 0.717) is 30.9 Å². The van der Waals surface area contributed by atoms with E-state index in [-0.39, 0.29) is 41.9 Å². The first-order chi connectivity index (χ1) is 19.9. The summed E-state index contributed by atoms with van der Waals surface area (Å²) in [5.41, 5.74) is 3.10. The van der Waals surface area contributed by atoms with Gasteiger partial charge in [-0.05, 0) is 55.0 Å². The van der Waals surface area contributed by atoms with Crippen LogP contribution in [0.1, 0.15) is 60.9 Å². The Labute approximate surface area is 239 Å². The van der Waals surface area contributed by atoms with Gasteiger partial charge in [0.2, 0.25) is 5.91 Å². The normalized spacial score (nSPS) is 13.2. The lowest BCUT2D eigenvalue weighted by Crippen LogP contribution is -2.36. The van der Waals surface area contributed by atoms with E-state index in [4.69, 9.17) is 0 Å². The number of carbonyl (C=O) groups is 2. The first kappa shape index (κ1) is 29.2. The molecule has 0 bridgehead atoms. The Morgan fingerprint density at radius 1 is 1.00 bits per heavy atom. The first-order valence-corrected chi connectivity index (χ1v) is 13.9. The van der Waals surface area contributed by atoms with Crippen LogP contribution >= 0.6 is 0 Å². The smallest absolute Gasteiger partial charge is 0.270 e. The van der Waals surface area contributed by atoms with Gasteiger partial charge in [0, 0.05) is 61.5 Å². The Balaban J connectivity index is 1.44. The minimum Gasteiger partial charge on any atom is -0.366 e. The number of nitro groups is 1. The number of anilines is 2. The molecule has 1 aliphatic rings. The van der Waals surface area contributed by atoms with Crippen LogP contribution in [0.4, 0.5) is 17.1 Å². The molecule has 0 spiro atoms. The zero-order chi connectivity index (χ0) is 29.2. The predicted molar refractivity (Wildman–Crippen MR) is 159 cm³/mol. The highest BCUT2D eigenvalue weighted by Gasteiger charge is 2.26. The summed E-state index contributed by atoms with van der Waals surface area (Å²) in [5.74, 6) is 1.96. The van der Waals surface area contributed by atoms with Gasteiger partial charge in [-0.15, -0.1) is 0 Å². The zero-order valence-corrected chi connectivity index (χ0v) is 23.1. The highest BCUT2D eigenvalue weighted by molar-refractivity contribution is 6.06. The van der Waals surface area contributed by atoms with E-state index in [0.717, 1.165) is 30.5 Å². The number of nitrogens with zero attached hydrogens (tertiary/aromatic N) is 3. The number of nitro benzene ring substituents is 1. The first-order valence-electron chi connectivity index (χ1n) is 13.9. The average molecular weight is 555 g/mol. The van der Waals surface area contributed by atoms with Gasteiger partial charge in [-0.25, -0.2) is 4.79 Å². The second kappa shape index (κ2) is 14.1. The van der Waals surface area contributed by atoms with Gasteiger partial charge in [0.15, 0.2) is 0 Å². The molecule has 1 aliphatic heterocycles. The molecule has 1 heterocycles. The maximum absolute atomic E-state index is 13.5. The van der Waals surface area contributed by atoms with Crippen molar-refractivity contribution in [3.63, 3.8) is 0 Å². The van der Waals surface area contributed by atoms with E-state index in [9.17, 15) is 24.5 Å². The summed E-state index contributed by atoms with van der Waals surface area (Å²) in [6, 6.07) is 22.6. The summed E-state index contributed by atoms with van der Waals surface area (Å²) in [4.78, 5) is 52.1. The Bertz CT molecular complexity index is 1430. The van der Waals surface area contributed by atoms with Gasteiger partial charge in [0.1, 0.15) is 11.6 Å². The number of nitrogens with one attached hydrogen (secondary N) is 1. The third-order valence-corrected chi connectivity index (χ3v) is 7.34. The summed E-state index contributed by atoms with van der Waals surface area (Å²) in [7, 11) is 0. The molecule has 1 fully saturated rings. The molecule has 0 aliphatic carbocycles. The van der Waals surface area contributed by atoms with E-state index in [1.807, 2.05) is 48.2 Å². The summed E-state index contributed by atoms with van der Waals surface area (Å²) < 4.78 is 0. The number of piperidine rings is 1. The third kappa shape index (κ3) is 7.47. The molecule has 9 nitrogen and oxygen atoms in total. The second-order valence-corrected chi connectivity index (χ2v) is 10.0. The molecule has 0 atom stereocenters. The van der Waals surface area contributed by atoms with Crippen LogP contribution in [0.15, 0.2) is 84.6 Å². The standard InChI is InChI=1S/C32H34N4O5/c1-2-9-31(38)33-30-15-7-6-14-29(30)24-16-19-34(20-17-24)28(23-37)18-21-35(26-11-4-3-5-12-26)32(39)25-10-8-13-27(22-25)36(40)41/h3-8,10-15,22,24H,2,9,16-21H2,1H3,(H,33,38). The van der Waals surface area contributed by atoms with Crippen LogP contribution in [-0.2, 0) is 9.59 Å². The van der Waals surface area contributed by atoms with Crippen molar-refractivity contribution in [1.29, 1.82) is 0 Å². The van der Waals surface area contributed by atoms with Crippen molar-refractivity contribution in [1.82, 2.24) is 4.90 Å². The van der Waals surface area contributed by atoms with Gasteiger partial charge < -0.3 is 15.1 Å². The minimum atomic E-state index is -0.530. The van der Waals surface area contributed by atoms with Crippen molar-refractivity contribution in [3.8, 4) is 0 Å². The maximum Gasteiger partial charge on any atom is 0.270 e. The number of hydrogen-bond acceptors (Lipinski definition) is 6. The van der Waals surface area contributed by atoms with Crippen molar-refractivity contribution >= 4 is 34.8 Å². The lowest BCUT2D eigenvalue weighted by molar-refractivity contribution is -0.384. The van der Waals surface area contributed by atoms with E-state index in [2.05, 4.69) is 17.3 Å². The topological polar surface area (TPSA) is 113 Å². The van der Waals surface area contributed by atoms with Crippen LogP contribution in [-0.4, -0.2) is 47.2 Å². The molecule has 1 N–H and O–H groups in total. The molecule has 0 radical (unpaired) electrons. The van der Waals surface area contributed by atoms with Gasteiger partial charge in [-0.2, -0.15) is 0 Å². The van der Waals surface area contributed by atoms with Crippen LogP contribution in [0.25, 0.3) is 0 Å². The van der Waals surface area contributed by atoms with Gasteiger partial charge in [-0.1, -0.05) is 49.4 Å². The molecular weight excluding hydrogens is 520 g/mol. The van der Waals surface area contributed by atoms with Crippen LogP contribution in [0.2, 0.25) is 0 Å². The highest BCUT2D eigenvalue weighted by Crippen LogP contribution is 2.34. The highest BCUT2D eigenvalue weighted by atomic mass is 16.6. The van der Waals surface area contributed by atoms with Crippen molar-refractivity contribution in [3.05, 3.63) is 106 Å². The minimum absolute atomic E-state index is 0.00573. The Kier molecular flexibility index (Phi) is 10.0. The maximum atomic E-state index is 13.5. The lowest BCUT2D eigenvalue weighted by Gasteiger charge is -2.35. The molecule has 0 unspecified atom stereocenters. The van der Waals surface area contributed by atoms with Crippen LogP contribution in [0, 0.1) is 10.1 Å². The number of benzene rings is 3. The number of carbonyl (C=O) groups excluding carboxylic acids is 3. The molecule has 3 aromatic rings. The zero-order valence-electron chi connectivity index (χ0n) is 23.1. The monoisotopic (exact) mass is 554 g/mol. The number of amides is 2. The molecule has 2 amide bonds. The lowest BCUT2D eigenvalue weighted by atomic mass is 9.88. The van der Waals surface area contributed by atoms with Crippen LogP contribution in [0.3, 0.4) is 0 Å². The van der Waals surface area contributed by atoms with Gasteiger partial charge >= 0.3 is 0 Å². The molecule has 212 valence electrons. The van der Waals surface area contributed by atoms with Crippen molar-refractivity contribution in [2.75, 3.05) is 29.9 Å². The van der Waals surface area contributed by atoms with E-state index >= 15 is 0 Å². The molecule has 0 aromatic heterocycles. The number of rotatable bonds is 11. The Morgan fingerprint density at radius 3 is 2.39 bits per heavy atom. The molecule has 41 heavy (non-hydrogen) atoms. The number of non-ortho nitro benzene ring substituents is 1. The van der Waals surface area contributed by atoms with E-state index in [1.54, 1.807) is 23.1 Å². The second-order valence-electron chi connectivity index (χ2n) is 10.0. The Hall–Kier alpha value is -4.75. The Morgan fingerprint density at radius 2 is 1.71 bits per heavy atom. The third-order valence-electron chi connectivity index (χ3n) is 7.34. The molecule has 0 saturated carbocycles. The van der Waals surface area contributed by atoms with Gasteiger partial charge in [0.05, 0.1) is 4.92 Å². The molecule has 1 saturated heterocycles. The summed E-state index contributed by atoms with van der Waals surface area (Å²) >= 11 is 0. The van der Waals surface area contributed by atoms with Crippen LogP contribution in [0.5, 0.6) is 0 Å². The molecule has 4 rings (SSSR count). The molecule has 3 aromatic carbocycles. The summed E-state index contributed by atoms with van der Waals surface area (Å²) in [6.45, 7) is 3.48. The fraction of sp³-hybridized carbons (Fsp3) is 0.312. The predicted octanol–water partition coefficient (Wildman–Crippen LogP) is 5.97. The number of para-hydroxylation sites is 2. The fourth-order valence-corrected chi connectivity index (χ4v) is 5.22. The van der Waals surface area contributed by atoms with Gasteiger partial charge in [-0.3, -0.25) is 19.7 Å². The quantitative estimate of drug-likeness (QED) is 0.178. The van der Waals surface area contributed by atoms with Crippen LogP contribution < -0.4 is 10.2 Å². The average Bonchev–Trinajstić information content (AvgIpc) is 3.00. The van der Waals surface area contributed by atoms with Crippen molar-refractivity contribution < 1.29 is 19.3 Å². The molecule has 9 heteroatoms. The largest absolute Gasteiger partial charge is 0.366 e. The van der Waals surface area contributed by atoms with Crippen molar-refractivity contribution in [2.45, 2.75) is 44.9 Å². The fourth-order valence-electron chi connectivity index (χ4n) is 5.22. The summed E-state index contributed by atoms with van der Waals surface area (Å²) in [5, 5.41) is 14.3. The SMILES string of the molecule is CCCC(=O)Nc1ccccc1C1CCN(C(=C=O)CCN(C(=O)c2cccc([N+](=O)[O-])c2)c2ccccc2)CC1. The van der Waals surface area contributed by atoms with E-state index < -0.39 is 4.92 Å². The van der Waals surface area contributed by atoms with E-state index in [1.165, 1.54) is 18.2 Å². The number of likely N-dealkylation sites (tertiary alicyclic amines) is 1. The van der Waals surface area contributed by atoms with Crippen molar-refractivity contribution in [2.24, 2.45) is 0 Å². The van der Waals surface area contributed by atoms with Gasteiger partial charge in [0.25, 0.3) is 11.6 Å². The molecular formula is C32H34N4O5. The summed E-state index contributed by atoms with van der Waals surface area (Å²) in [6.07, 6.45) is 3.16. The number of hydrogen-bond donors (Lipinski definition) is 1.